The molecule has 0 atom stereocenters. The zero-order valence-corrected chi connectivity index (χ0v) is 16.9. The number of hydrogen-bond acceptors (Lipinski definition) is 3. The van der Waals surface area contributed by atoms with Crippen molar-refractivity contribution in [1.29, 1.82) is 0 Å². The number of rotatable bonds is 8. The minimum Gasteiger partial charge on any atom is -0.490 e. The summed E-state index contributed by atoms with van der Waals surface area (Å²) in [4.78, 5) is 12.3. The molecule has 6 heteroatoms. The van der Waals surface area contributed by atoms with E-state index in [2.05, 4.69) is 5.32 Å². The number of benzene rings is 3. The molecule has 0 saturated heterocycles. The van der Waals surface area contributed by atoms with E-state index in [-0.39, 0.29) is 24.7 Å². The summed E-state index contributed by atoms with van der Waals surface area (Å²) in [5.74, 6) is -0.475. The molecule has 0 aliphatic heterocycles. The van der Waals surface area contributed by atoms with Crippen LogP contribution in [-0.2, 0) is 11.3 Å². The Bertz CT molecular complexity index is 1140. The predicted molar refractivity (Wildman–Crippen MR) is 117 cm³/mol. The second-order valence-electron chi connectivity index (χ2n) is 6.95. The molecular formula is C25H22FN3O2. The van der Waals surface area contributed by atoms with Crippen LogP contribution in [0.25, 0.3) is 16.9 Å². The van der Waals surface area contributed by atoms with Gasteiger partial charge in [0.05, 0.1) is 24.4 Å². The van der Waals surface area contributed by atoms with Crippen molar-refractivity contribution < 1.29 is 13.9 Å². The Labute approximate surface area is 180 Å². The Hall–Kier alpha value is -3.93. The molecule has 31 heavy (non-hydrogen) atoms. The molecule has 1 N–H and O–H groups in total. The molecule has 0 saturated carbocycles. The first kappa shape index (κ1) is 20.3. The molecule has 0 unspecified atom stereocenters. The van der Waals surface area contributed by atoms with Crippen molar-refractivity contribution in [3.05, 3.63) is 103 Å². The van der Waals surface area contributed by atoms with Gasteiger partial charge in [-0.05, 0) is 24.3 Å². The summed E-state index contributed by atoms with van der Waals surface area (Å²) in [5, 5.41) is 7.65. The molecule has 4 rings (SSSR count). The van der Waals surface area contributed by atoms with Gasteiger partial charge in [-0.1, -0.05) is 60.7 Å². The van der Waals surface area contributed by atoms with E-state index >= 15 is 0 Å². The van der Waals surface area contributed by atoms with E-state index in [4.69, 9.17) is 9.84 Å². The van der Waals surface area contributed by atoms with Crippen LogP contribution < -0.4 is 10.1 Å². The SMILES string of the molecule is O=C(CCOc1ccccc1F)NCc1cn(-c2ccccc2)nc1-c1ccccc1. The molecule has 4 aromatic rings. The van der Waals surface area contributed by atoms with Gasteiger partial charge in [0.2, 0.25) is 5.91 Å². The van der Waals surface area contributed by atoms with Crippen LogP contribution >= 0.6 is 0 Å². The van der Waals surface area contributed by atoms with Gasteiger partial charge in [0.1, 0.15) is 0 Å². The number of halogens is 1. The second-order valence-corrected chi connectivity index (χ2v) is 6.95. The van der Waals surface area contributed by atoms with Crippen molar-refractivity contribution in [3.8, 4) is 22.7 Å². The fourth-order valence-corrected chi connectivity index (χ4v) is 3.19. The first-order valence-corrected chi connectivity index (χ1v) is 10.0. The van der Waals surface area contributed by atoms with Gasteiger partial charge in [-0.2, -0.15) is 5.10 Å². The van der Waals surface area contributed by atoms with Gasteiger partial charge < -0.3 is 10.1 Å². The highest BCUT2D eigenvalue weighted by Crippen LogP contribution is 2.23. The Morgan fingerprint density at radius 1 is 0.935 bits per heavy atom. The number of aromatic nitrogens is 2. The van der Waals surface area contributed by atoms with E-state index in [0.29, 0.717) is 6.54 Å². The van der Waals surface area contributed by atoms with Crippen LogP contribution in [0.2, 0.25) is 0 Å². The van der Waals surface area contributed by atoms with Crippen LogP contribution in [0, 0.1) is 5.82 Å². The standard InChI is InChI=1S/C25H22FN3O2/c26-22-13-7-8-14-23(22)31-16-15-24(30)27-17-20-18-29(21-11-5-2-6-12-21)28-25(20)19-9-3-1-4-10-19/h1-14,18H,15-17H2,(H,27,30). The molecule has 0 radical (unpaired) electrons. The van der Waals surface area contributed by atoms with Gasteiger partial charge >= 0.3 is 0 Å². The fraction of sp³-hybridized carbons (Fsp3) is 0.120. The van der Waals surface area contributed by atoms with Gasteiger partial charge in [0, 0.05) is 23.9 Å². The van der Waals surface area contributed by atoms with Crippen molar-refractivity contribution in [2.24, 2.45) is 0 Å². The van der Waals surface area contributed by atoms with E-state index in [1.165, 1.54) is 12.1 Å². The van der Waals surface area contributed by atoms with E-state index in [1.54, 1.807) is 12.1 Å². The average molecular weight is 415 g/mol. The first-order valence-electron chi connectivity index (χ1n) is 10.0. The molecule has 0 spiro atoms. The molecule has 1 heterocycles. The Balaban J connectivity index is 1.43. The van der Waals surface area contributed by atoms with Crippen molar-refractivity contribution in [2.75, 3.05) is 6.61 Å². The van der Waals surface area contributed by atoms with Gasteiger partial charge in [0.15, 0.2) is 11.6 Å². The van der Waals surface area contributed by atoms with Crippen molar-refractivity contribution in [2.45, 2.75) is 13.0 Å². The predicted octanol–water partition coefficient (Wildman–Crippen LogP) is 4.76. The topological polar surface area (TPSA) is 56.1 Å². The number of carbonyl (C=O) groups is 1. The van der Waals surface area contributed by atoms with Crippen LogP contribution in [0.4, 0.5) is 4.39 Å². The summed E-state index contributed by atoms with van der Waals surface area (Å²) >= 11 is 0. The van der Waals surface area contributed by atoms with Crippen LogP contribution in [0.15, 0.2) is 91.1 Å². The number of amides is 1. The lowest BCUT2D eigenvalue weighted by Crippen LogP contribution is -2.24. The molecule has 1 aromatic heterocycles. The summed E-state index contributed by atoms with van der Waals surface area (Å²) in [6.45, 7) is 0.428. The zero-order chi connectivity index (χ0) is 21.5. The van der Waals surface area contributed by atoms with Crippen LogP contribution in [-0.4, -0.2) is 22.3 Å². The smallest absolute Gasteiger partial charge is 0.223 e. The van der Waals surface area contributed by atoms with Gasteiger partial charge in [-0.25, -0.2) is 9.07 Å². The third-order valence-electron chi connectivity index (χ3n) is 4.76. The fourth-order valence-electron chi connectivity index (χ4n) is 3.19. The van der Waals surface area contributed by atoms with Crippen LogP contribution in [0.1, 0.15) is 12.0 Å². The summed E-state index contributed by atoms with van der Waals surface area (Å²) < 4.78 is 20.8. The summed E-state index contributed by atoms with van der Waals surface area (Å²) in [5.41, 5.74) is 3.63. The number of hydrogen-bond donors (Lipinski definition) is 1. The third-order valence-corrected chi connectivity index (χ3v) is 4.76. The highest BCUT2D eigenvalue weighted by molar-refractivity contribution is 5.76. The van der Waals surface area contributed by atoms with Crippen LogP contribution in [0.3, 0.4) is 0 Å². The Morgan fingerprint density at radius 3 is 2.35 bits per heavy atom. The highest BCUT2D eigenvalue weighted by atomic mass is 19.1. The summed E-state index contributed by atoms with van der Waals surface area (Å²) in [6, 6.07) is 25.8. The zero-order valence-electron chi connectivity index (χ0n) is 16.9. The first-order chi connectivity index (χ1) is 15.2. The molecule has 0 aliphatic carbocycles. The lowest BCUT2D eigenvalue weighted by atomic mass is 10.1. The molecule has 3 aromatic carbocycles. The maximum absolute atomic E-state index is 13.6. The van der Waals surface area contributed by atoms with Crippen molar-refractivity contribution in [1.82, 2.24) is 15.1 Å². The molecule has 5 nitrogen and oxygen atoms in total. The van der Waals surface area contributed by atoms with Gasteiger partial charge in [-0.15, -0.1) is 0 Å². The van der Waals surface area contributed by atoms with Crippen molar-refractivity contribution in [3.63, 3.8) is 0 Å². The molecule has 0 fully saturated rings. The normalized spacial score (nSPS) is 10.6. The average Bonchev–Trinajstić information content (AvgIpc) is 3.24. The molecule has 0 bridgehead atoms. The van der Waals surface area contributed by atoms with Crippen LogP contribution in [0.5, 0.6) is 5.75 Å². The van der Waals surface area contributed by atoms with E-state index in [9.17, 15) is 9.18 Å². The quantitative estimate of drug-likeness (QED) is 0.451. The largest absolute Gasteiger partial charge is 0.490 e. The summed E-state index contributed by atoms with van der Waals surface area (Å²) in [7, 11) is 0. The number of para-hydroxylation sites is 2. The Morgan fingerprint density at radius 2 is 1.61 bits per heavy atom. The molecule has 0 aliphatic rings. The van der Waals surface area contributed by atoms with Gasteiger partial charge in [-0.3, -0.25) is 4.79 Å². The molecule has 156 valence electrons. The lowest BCUT2D eigenvalue weighted by molar-refractivity contribution is -0.121. The maximum atomic E-state index is 13.6. The monoisotopic (exact) mass is 415 g/mol. The molecular weight excluding hydrogens is 393 g/mol. The van der Waals surface area contributed by atoms with E-state index in [0.717, 1.165) is 22.5 Å². The van der Waals surface area contributed by atoms with Gasteiger partial charge in [0.25, 0.3) is 0 Å². The number of nitrogens with zero attached hydrogens (tertiary/aromatic N) is 2. The molecule has 1 amide bonds. The maximum Gasteiger partial charge on any atom is 0.223 e. The lowest BCUT2D eigenvalue weighted by Gasteiger charge is -2.08. The Kier molecular flexibility index (Phi) is 6.38. The minimum absolute atomic E-state index is 0.0988. The van der Waals surface area contributed by atoms with E-state index < -0.39 is 5.82 Å². The highest BCUT2D eigenvalue weighted by Gasteiger charge is 2.13. The minimum atomic E-state index is -0.441. The summed E-state index contributed by atoms with van der Waals surface area (Å²) in [6.07, 6.45) is 2.05. The second kappa shape index (κ2) is 9.71. The van der Waals surface area contributed by atoms with Crippen molar-refractivity contribution >= 4 is 5.91 Å². The number of ether oxygens (including phenoxy) is 1. The third kappa shape index (κ3) is 5.17. The van der Waals surface area contributed by atoms with E-state index in [1.807, 2.05) is 71.5 Å². The number of nitrogens with one attached hydrogen (secondary N) is 1. The number of carbonyl (C=O) groups excluding carboxylic acids is 1.